The van der Waals surface area contributed by atoms with Crippen molar-refractivity contribution < 1.29 is 18.4 Å². The molecule has 2 rings (SSSR count). The van der Waals surface area contributed by atoms with Crippen LogP contribution in [-0.2, 0) is 4.79 Å². The van der Waals surface area contributed by atoms with Crippen molar-refractivity contribution in [1.29, 1.82) is 0 Å². The van der Waals surface area contributed by atoms with Gasteiger partial charge in [-0.25, -0.2) is 4.39 Å². The molecule has 1 heterocycles. The second kappa shape index (κ2) is 5.87. The van der Waals surface area contributed by atoms with E-state index in [-0.39, 0.29) is 21.8 Å². The maximum Gasteiger partial charge on any atom is 0.260 e. The maximum absolute atomic E-state index is 13.6. The summed E-state index contributed by atoms with van der Waals surface area (Å²) in [7, 11) is 0. The summed E-state index contributed by atoms with van der Waals surface area (Å²) < 4.78 is 18.8. The normalized spacial score (nSPS) is 10.2. The molecule has 0 aliphatic heterocycles. The number of carbonyl (C=O) groups is 2. The number of benzene rings is 1. The second-order valence-corrected chi connectivity index (χ2v) is 4.66. The van der Waals surface area contributed by atoms with Gasteiger partial charge in [-0.3, -0.25) is 9.59 Å². The summed E-state index contributed by atoms with van der Waals surface area (Å²) in [5.41, 5.74) is 0.601. The van der Waals surface area contributed by atoms with E-state index >= 15 is 0 Å². The predicted molar refractivity (Wildman–Crippen MR) is 75.1 cm³/mol. The van der Waals surface area contributed by atoms with Crippen molar-refractivity contribution in [2.75, 3.05) is 10.6 Å². The molecule has 1 aromatic carbocycles. The summed E-state index contributed by atoms with van der Waals surface area (Å²) in [6.45, 7) is 1.34. The fourth-order valence-electron chi connectivity index (χ4n) is 1.55. The second-order valence-electron chi connectivity index (χ2n) is 3.94. The van der Waals surface area contributed by atoms with E-state index in [1.807, 2.05) is 0 Å². The lowest BCUT2D eigenvalue weighted by Gasteiger charge is -2.08. The van der Waals surface area contributed by atoms with E-state index < -0.39 is 11.7 Å². The number of anilines is 2. The number of amides is 2. The SMILES string of the molecule is CC(=O)Nc1ccc(F)c(NC(=O)c2ccoc2Br)c1. The van der Waals surface area contributed by atoms with Crippen LogP contribution in [0.1, 0.15) is 17.3 Å². The Hall–Kier alpha value is -2.15. The predicted octanol–water partition coefficient (Wildman–Crippen LogP) is 3.39. The zero-order chi connectivity index (χ0) is 14.7. The maximum atomic E-state index is 13.6. The molecule has 104 valence electrons. The van der Waals surface area contributed by atoms with E-state index in [9.17, 15) is 14.0 Å². The summed E-state index contributed by atoms with van der Waals surface area (Å²) in [6.07, 6.45) is 1.34. The molecule has 0 bridgehead atoms. The minimum absolute atomic E-state index is 0.0330. The number of carbonyl (C=O) groups excluding carboxylic acids is 2. The van der Waals surface area contributed by atoms with E-state index in [1.165, 1.54) is 31.4 Å². The quantitative estimate of drug-likeness (QED) is 0.899. The Morgan fingerprint density at radius 2 is 2.00 bits per heavy atom. The molecule has 2 aromatic rings. The average molecular weight is 341 g/mol. The molecule has 0 aliphatic carbocycles. The molecule has 2 amide bonds. The Morgan fingerprint density at radius 3 is 2.60 bits per heavy atom. The minimum atomic E-state index is -0.605. The number of nitrogens with one attached hydrogen (secondary N) is 2. The Morgan fingerprint density at radius 1 is 1.25 bits per heavy atom. The number of furan rings is 1. The monoisotopic (exact) mass is 340 g/mol. The molecular formula is C13H10BrFN2O3. The van der Waals surface area contributed by atoms with Gasteiger partial charge in [0, 0.05) is 12.6 Å². The Bertz CT molecular complexity index is 669. The van der Waals surface area contributed by atoms with Crippen molar-refractivity contribution in [2.24, 2.45) is 0 Å². The van der Waals surface area contributed by atoms with Crippen molar-refractivity contribution in [3.8, 4) is 0 Å². The Balaban J connectivity index is 2.22. The van der Waals surface area contributed by atoms with Gasteiger partial charge in [0.2, 0.25) is 5.91 Å². The van der Waals surface area contributed by atoms with Gasteiger partial charge < -0.3 is 15.1 Å². The molecule has 20 heavy (non-hydrogen) atoms. The van der Waals surface area contributed by atoms with Gasteiger partial charge in [0.15, 0.2) is 4.67 Å². The van der Waals surface area contributed by atoms with Crippen LogP contribution in [-0.4, -0.2) is 11.8 Å². The van der Waals surface area contributed by atoms with Gasteiger partial charge in [-0.1, -0.05) is 0 Å². The van der Waals surface area contributed by atoms with Crippen molar-refractivity contribution in [2.45, 2.75) is 6.92 Å². The molecule has 7 heteroatoms. The molecule has 0 spiro atoms. The van der Waals surface area contributed by atoms with Gasteiger partial charge in [-0.15, -0.1) is 0 Å². The van der Waals surface area contributed by atoms with E-state index in [1.54, 1.807) is 0 Å². The van der Waals surface area contributed by atoms with Crippen molar-refractivity contribution >= 4 is 39.1 Å². The van der Waals surface area contributed by atoms with Crippen LogP contribution < -0.4 is 10.6 Å². The number of halogens is 2. The highest BCUT2D eigenvalue weighted by molar-refractivity contribution is 9.10. The standard InChI is InChI=1S/C13H10BrFN2O3/c1-7(18)16-8-2-3-10(15)11(6-8)17-13(19)9-4-5-20-12(9)14/h2-6H,1H3,(H,16,18)(H,17,19). The molecule has 1 aromatic heterocycles. The number of hydrogen-bond donors (Lipinski definition) is 2. The summed E-state index contributed by atoms with van der Waals surface area (Å²) >= 11 is 3.07. The molecule has 0 saturated heterocycles. The molecule has 0 saturated carbocycles. The van der Waals surface area contributed by atoms with Crippen LogP contribution in [0.4, 0.5) is 15.8 Å². The zero-order valence-corrected chi connectivity index (χ0v) is 12.0. The first kappa shape index (κ1) is 14.3. The molecular weight excluding hydrogens is 331 g/mol. The summed E-state index contributed by atoms with van der Waals surface area (Å²) in [5, 5.41) is 4.92. The van der Waals surface area contributed by atoms with Gasteiger partial charge in [0.25, 0.3) is 5.91 Å². The average Bonchev–Trinajstić information content (AvgIpc) is 2.79. The summed E-state index contributed by atoms with van der Waals surface area (Å²) in [4.78, 5) is 22.9. The third kappa shape index (κ3) is 3.24. The van der Waals surface area contributed by atoms with Crippen LogP contribution in [0.5, 0.6) is 0 Å². The van der Waals surface area contributed by atoms with Crippen LogP contribution in [0.3, 0.4) is 0 Å². The lowest BCUT2D eigenvalue weighted by Crippen LogP contribution is -2.13. The van der Waals surface area contributed by atoms with Crippen molar-refractivity contribution in [3.05, 3.63) is 46.6 Å². The lowest BCUT2D eigenvalue weighted by molar-refractivity contribution is -0.114. The topological polar surface area (TPSA) is 71.3 Å². The van der Waals surface area contributed by atoms with Crippen molar-refractivity contribution in [3.63, 3.8) is 0 Å². The highest BCUT2D eigenvalue weighted by Crippen LogP contribution is 2.23. The third-order valence-electron chi connectivity index (χ3n) is 2.40. The first-order valence-corrected chi connectivity index (χ1v) is 6.38. The molecule has 0 radical (unpaired) electrons. The first-order chi connectivity index (χ1) is 9.47. The van der Waals surface area contributed by atoms with E-state index in [4.69, 9.17) is 4.42 Å². The fraction of sp³-hybridized carbons (Fsp3) is 0.0769. The Kier molecular flexibility index (Phi) is 4.19. The molecule has 0 fully saturated rings. The van der Waals surface area contributed by atoms with E-state index in [0.29, 0.717) is 5.69 Å². The molecule has 0 unspecified atom stereocenters. The van der Waals surface area contributed by atoms with Crippen LogP contribution in [0, 0.1) is 5.82 Å². The van der Waals surface area contributed by atoms with Crippen molar-refractivity contribution in [1.82, 2.24) is 0 Å². The highest BCUT2D eigenvalue weighted by Gasteiger charge is 2.15. The van der Waals surface area contributed by atoms with Gasteiger partial charge in [-0.05, 0) is 40.2 Å². The van der Waals surface area contributed by atoms with Gasteiger partial charge >= 0.3 is 0 Å². The largest absolute Gasteiger partial charge is 0.457 e. The van der Waals surface area contributed by atoms with E-state index in [0.717, 1.165) is 6.07 Å². The van der Waals surface area contributed by atoms with Crippen LogP contribution >= 0.6 is 15.9 Å². The van der Waals surface area contributed by atoms with Crippen LogP contribution in [0.15, 0.2) is 39.6 Å². The fourth-order valence-corrected chi connectivity index (χ4v) is 1.97. The molecule has 0 atom stereocenters. The third-order valence-corrected chi connectivity index (χ3v) is 3.01. The highest BCUT2D eigenvalue weighted by atomic mass is 79.9. The van der Waals surface area contributed by atoms with Gasteiger partial charge in [0.05, 0.1) is 17.5 Å². The summed E-state index contributed by atoms with van der Waals surface area (Å²) in [6, 6.07) is 5.35. The number of rotatable bonds is 3. The number of hydrogen-bond acceptors (Lipinski definition) is 3. The molecule has 2 N–H and O–H groups in total. The summed E-state index contributed by atoms with van der Waals surface area (Å²) in [5.74, 6) is -1.41. The van der Waals surface area contributed by atoms with Crippen LogP contribution in [0.25, 0.3) is 0 Å². The molecule has 0 aliphatic rings. The van der Waals surface area contributed by atoms with Gasteiger partial charge in [-0.2, -0.15) is 0 Å². The minimum Gasteiger partial charge on any atom is -0.457 e. The Labute approximate surface area is 122 Å². The van der Waals surface area contributed by atoms with Gasteiger partial charge in [0.1, 0.15) is 5.82 Å². The lowest BCUT2D eigenvalue weighted by atomic mass is 10.2. The first-order valence-electron chi connectivity index (χ1n) is 5.59. The smallest absolute Gasteiger partial charge is 0.260 e. The van der Waals surface area contributed by atoms with E-state index in [2.05, 4.69) is 26.6 Å². The van der Waals surface area contributed by atoms with Crippen LogP contribution in [0.2, 0.25) is 0 Å². The molecule has 5 nitrogen and oxygen atoms in total. The zero-order valence-electron chi connectivity index (χ0n) is 10.4.